The maximum Gasteiger partial charge on any atom is 0.237 e. The SMILES string of the molecule is COc1ccc(C[C@H](N)C(=O)N[C@H]2C[C@H](n3cnc4c(N(C)C)ncnc43)[C@H]3C[C@@]23CO)cc1. The quantitative estimate of drug-likeness (QED) is 0.447. The Kier molecular flexibility index (Phi) is 5.65. The lowest BCUT2D eigenvalue weighted by Crippen LogP contribution is -2.49. The molecule has 1 aromatic carbocycles. The van der Waals surface area contributed by atoms with Crippen LogP contribution in [0, 0.1) is 11.3 Å². The van der Waals surface area contributed by atoms with Gasteiger partial charge in [0.2, 0.25) is 5.91 Å². The summed E-state index contributed by atoms with van der Waals surface area (Å²) >= 11 is 0. The van der Waals surface area contributed by atoms with Gasteiger partial charge in [0, 0.05) is 31.6 Å². The predicted molar refractivity (Wildman–Crippen MR) is 128 cm³/mol. The average molecular weight is 466 g/mol. The Bertz CT molecular complexity index is 1190. The van der Waals surface area contributed by atoms with Crippen molar-refractivity contribution in [2.75, 3.05) is 32.7 Å². The van der Waals surface area contributed by atoms with Gasteiger partial charge in [-0.25, -0.2) is 15.0 Å². The third-order valence-corrected chi connectivity index (χ3v) is 7.50. The van der Waals surface area contributed by atoms with Crippen LogP contribution in [0.3, 0.4) is 0 Å². The summed E-state index contributed by atoms with van der Waals surface area (Å²) in [6, 6.07) is 6.80. The highest BCUT2D eigenvalue weighted by molar-refractivity contribution is 5.83. The molecule has 2 saturated carbocycles. The minimum absolute atomic E-state index is 0.0252. The molecule has 10 nitrogen and oxygen atoms in total. The Morgan fingerprint density at radius 3 is 2.76 bits per heavy atom. The Balaban J connectivity index is 1.32. The largest absolute Gasteiger partial charge is 0.497 e. The molecule has 2 aromatic heterocycles. The van der Waals surface area contributed by atoms with E-state index in [9.17, 15) is 9.90 Å². The number of amides is 1. The Morgan fingerprint density at radius 1 is 1.32 bits per heavy atom. The number of anilines is 1. The lowest BCUT2D eigenvalue weighted by atomic mass is 9.97. The van der Waals surface area contributed by atoms with Gasteiger partial charge in [-0.2, -0.15) is 0 Å². The Labute approximate surface area is 198 Å². The summed E-state index contributed by atoms with van der Waals surface area (Å²) in [6.07, 6.45) is 5.32. The van der Waals surface area contributed by atoms with Crippen molar-refractivity contribution in [1.29, 1.82) is 0 Å². The van der Waals surface area contributed by atoms with Gasteiger partial charge in [0.25, 0.3) is 0 Å². The number of fused-ring (bicyclic) bond motifs is 2. The van der Waals surface area contributed by atoms with Crippen LogP contribution in [0.4, 0.5) is 5.82 Å². The van der Waals surface area contributed by atoms with E-state index in [-0.39, 0.29) is 35.9 Å². The van der Waals surface area contributed by atoms with Crippen LogP contribution in [0.25, 0.3) is 11.2 Å². The third kappa shape index (κ3) is 3.67. The maximum absolute atomic E-state index is 13.0. The molecule has 0 radical (unpaired) electrons. The minimum atomic E-state index is -0.676. The number of aromatic nitrogens is 4. The van der Waals surface area contributed by atoms with Crippen LogP contribution in [-0.4, -0.2) is 70.4 Å². The summed E-state index contributed by atoms with van der Waals surface area (Å²) in [6.45, 7) is 0.0252. The van der Waals surface area contributed by atoms with Crippen molar-refractivity contribution in [2.45, 2.75) is 37.4 Å². The third-order valence-electron chi connectivity index (χ3n) is 7.50. The monoisotopic (exact) mass is 465 g/mol. The number of imidazole rings is 1. The van der Waals surface area contributed by atoms with Crippen molar-refractivity contribution in [3.63, 3.8) is 0 Å². The molecule has 3 aromatic rings. The summed E-state index contributed by atoms with van der Waals surface area (Å²) in [5.41, 5.74) is 8.41. The summed E-state index contributed by atoms with van der Waals surface area (Å²) < 4.78 is 7.26. The first-order valence-electron chi connectivity index (χ1n) is 11.5. The van der Waals surface area contributed by atoms with Gasteiger partial charge in [-0.3, -0.25) is 4.79 Å². The van der Waals surface area contributed by atoms with Gasteiger partial charge in [0.1, 0.15) is 12.1 Å². The zero-order chi connectivity index (χ0) is 24.0. The molecule has 0 saturated heterocycles. The van der Waals surface area contributed by atoms with Crippen LogP contribution < -0.4 is 20.7 Å². The second kappa shape index (κ2) is 8.52. The molecule has 2 fully saturated rings. The van der Waals surface area contributed by atoms with Gasteiger partial charge in [0.05, 0.1) is 26.1 Å². The van der Waals surface area contributed by atoms with Crippen molar-refractivity contribution in [3.8, 4) is 5.75 Å². The molecule has 10 heteroatoms. The van der Waals surface area contributed by atoms with E-state index < -0.39 is 6.04 Å². The molecular weight excluding hydrogens is 434 g/mol. The molecule has 1 amide bonds. The van der Waals surface area contributed by atoms with E-state index in [1.165, 1.54) is 0 Å². The number of nitrogens with one attached hydrogen (secondary N) is 1. The fourth-order valence-electron chi connectivity index (χ4n) is 5.51. The van der Waals surface area contributed by atoms with E-state index in [4.69, 9.17) is 10.5 Å². The van der Waals surface area contributed by atoms with Gasteiger partial charge in [-0.05, 0) is 42.9 Å². The smallest absolute Gasteiger partial charge is 0.237 e. The number of aliphatic hydroxyl groups excluding tert-OH is 1. The van der Waals surface area contributed by atoms with Crippen LogP contribution in [0.1, 0.15) is 24.4 Å². The Morgan fingerprint density at radius 2 is 2.09 bits per heavy atom. The van der Waals surface area contributed by atoms with E-state index >= 15 is 0 Å². The van der Waals surface area contributed by atoms with Gasteiger partial charge in [-0.15, -0.1) is 0 Å². The number of aliphatic hydroxyl groups is 1. The molecule has 5 atom stereocenters. The second-order valence-electron chi connectivity index (χ2n) is 9.64. The molecule has 5 rings (SSSR count). The number of carbonyl (C=O) groups excluding carboxylic acids is 1. The lowest BCUT2D eigenvalue weighted by molar-refractivity contribution is -0.123. The highest BCUT2D eigenvalue weighted by Crippen LogP contribution is 2.67. The average Bonchev–Trinajstić information content (AvgIpc) is 3.31. The molecule has 0 spiro atoms. The molecule has 2 aliphatic carbocycles. The van der Waals surface area contributed by atoms with Crippen molar-refractivity contribution >= 4 is 22.9 Å². The highest BCUT2D eigenvalue weighted by atomic mass is 16.5. The minimum Gasteiger partial charge on any atom is -0.497 e. The first-order valence-corrected chi connectivity index (χ1v) is 11.5. The molecule has 180 valence electrons. The number of hydrogen-bond acceptors (Lipinski definition) is 8. The summed E-state index contributed by atoms with van der Waals surface area (Å²) in [7, 11) is 5.47. The van der Waals surface area contributed by atoms with Crippen LogP contribution in [0.2, 0.25) is 0 Å². The van der Waals surface area contributed by atoms with Crippen LogP contribution in [0.15, 0.2) is 36.9 Å². The van der Waals surface area contributed by atoms with E-state index in [2.05, 4.69) is 24.8 Å². The highest BCUT2D eigenvalue weighted by Gasteiger charge is 2.67. The number of nitrogens with zero attached hydrogens (tertiary/aromatic N) is 5. The van der Waals surface area contributed by atoms with E-state index in [0.29, 0.717) is 12.8 Å². The number of rotatable bonds is 8. The first-order chi connectivity index (χ1) is 16.4. The number of benzene rings is 1. The van der Waals surface area contributed by atoms with Gasteiger partial charge < -0.3 is 30.4 Å². The van der Waals surface area contributed by atoms with E-state index in [1.807, 2.05) is 43.3 Å². The fourth-order valence-corrected chi connectivity index (χ4v) is 5.51. The van der Waals surface area contributed by atoms with Crippen molar-refractivity contribution in [3.05, 3.63) is 42.5 Å². The van der Waals surface area contributed by atoms with Crippen molar-refractivity contribution in [2.24, 2.45) is 17.1 Å². The standard InChI is InChI=1S/C24H31N7O3/c1-30(2)21-20-22(27-12-26-21)31(13-28-20)18-9-19(24(11-32)10-16(18)24)29-23(33)17(25)8-14-4-6-15(34-3)7-5-14/h4-7,12-13,16-19,32H,8-11,25H2,1-3H3,(H,29,33)/t16-,17+,18+,19+,24+/m1/s1. The number of hydrogen-bond donors (Lipinski definition) is 3. The van der Waals surface area contributed by atoms with Gasteiger partial charge in [0.15, 0.2) is 17.0 Å². The molecule has 0 bridgehead atoms. The summed E-state index contributed by atoms with van der Waals surface area (Å²) in [5, 5.41) is 13.4. The Hall–Kier alpha value is -3.24. The molecule has 34 heavy (non-hydrogen) atoms. The molecule has 2 aliphatic rings. The molecule has 0 aliphatic heterocycles. The van der Waals surface area contributed by atoms with Crippen molar-refractivity contribution < 1.29 is 14.6 Å². The summed E-state index contributed by atoms with van der Waals surface area (Å²) in [5.74, 6) is 1.57. The topological polar surface area (TPSA) is 131 Å². The molecule has 2 heterocycles. The van der Waals surface area contributed by atoms with Crippen LogP contribution in [0.5, 0.6) is 5.75 Å². The molecule has 4 N–H and O–H groups in total. The maximum atomic E-state index is 13.0. The van der Waals surface area contributed by atoms with Crippen molar-refractivity contribution in [1.82, 2.24) is 24.8 Å². The number of nitrogens with two attached hydrogens (primary N) is 1. The van der Waals surface area contributed by atoms with Crippen LogP contribution in [-0.2, 0) is 11.2 Å². The number of ether oxygens (including phenoxy) is 1. The predicted octanol–water partition coefficient (Wildman–Crippen LogP) is 0.899. The normalized spacial score (nSPS) is 26.2. The first kappa shape index (κ1) is 22.5. The fraction of sp³-hybridized carbons (Fsp3) is 0.500. The van der Waals surface area contributed by atoms with Gasteiger partial charge >= 0.3 is 0 Å². The molecular formula is C24H31N7O3. The van der Waals surface area contributed by atoms with E-state index in [1.54, 1.807) is 19.8 Å². The van der Waals surface area contributed by atoms with E-state index in [0.717, 1.165) is 34.7 Å². The second-order valence-corrected chi connectivity index (χ2v) is 9.64. The summed E-state index contributed by atoms with van der Waals surface area (Å²) in [4.78, 5) is 28.3. The number of methoxy groups -OCH3 is 1. The number of carbonyl (C=O) groups is 1. The van der Waals surface area contributed by atoms with Crippen LogP contribution >= 0.6 is 0 Å². The lowest BCUT2D eigenvalue weighted by Gasteiger charge is -2.25. The zero-order valence-electron chi connectivity index (χ0n) is 19.7. The zero-order valence-corrected chi connectivity index (χ0v) is 19.7. The molecule has 0 unspecified atom stereocenters. The van der Waals surface area contributed by atoms with Gasteiger partial charge in [-0.1, -0.05) is 12.1 Å².